The van der Waals surface area contributed by atoms with Crippen molar-refractivity contribution in [3.05, 3.63) is 29.8 Å². The molecule has 7 heteroatoms. The van der Waals surface area contributed by atoms with Crippen molar-refractivity contribution in [1.29, 1.82) is 0 Å². The maximum absolute atomic E-state index is 12.3. The molecule has 1 fully saturated rings. The highest BCUT2D eigenvalue weighted by Gasteiger charge is 2.32. The molecule has 25 heavy (non-hydrogen) atoms. The van der Waals surface area contributed by atoms with Crippen LogP contribution in [0, 0.1) is 0 Å². The molecule has 1 heterocycles. The van der Waals surface area contributed by atoms with Gasteiger partial charge in [-0.2, -0.15) is 0 Å². The third-order valence-corrected chi connectivity index (χ3v) is 4.26. The number of carbonyl (C=O) groups is 3. The quantitative estimate of drug-likeness (QED) is 0.859. The van der Waals surface area contributed by atoms with E-state index < -0.39 is 0 Å². The maximum atomic E-state index is 12.3. The molecule has 3 amide bonds. The summed E-state index contributed by atoms with van der Waals surface area (Å²) in [6.07, 6.45) is 1.70. The Hall–Kier alpha value is -2.41. The lowest BCUT2D eigenvalue weighted by Gasteiger charge is -2.25. The molecule has 1 aromatic carbocycles. The minimum absolute atomic E-state index is 0.0388. The second-order valence-electron chi connectivity index (χ2n) is 6.69. The highest BCUT2D eigenvalue weighted by molar-refractivity contribution is 5.96. The molecular formula is C18H26N4O3. The van der Waals surface area contributed by atoms with Crippen molar-refractivity contribution in [3.8, 4) is 0 Å². The van der Waals surface area contributed by atoms with Gasteiger partial charge in [-0.25, -0.2) is 0 Å². The van der Waals surface area contributed by atoms with Gasteiger partial charge in [-0.15, -0.1) is 0 Å². The first-order valence-electron chi connectivity index (χ1n) is 8.36. The second-order valence-corrected chi connectivity index (χ2v) is 6.69. The van der Waals surface area contributed by atoms with Crippen LogP contribution in [0.4, 0.5) is 5.69 Å². The summed E-state index contributed by atoms with van der Waals surface area (Å²) in [5, 5.41) is 2.82. The SMILES string of the molecule is CN(C)C(=O)c1ccc(NC(=O)CN2CCC[C@@H]2C(=O)N(C)C)cc1. The summed E-state index contributed by atoms with van der Waals surface area (Å²) in [7, 11) is 6.85. The zero-order valence-corrected chi connectivity index (χ0v) is 15.3. The highest BCUT2D eigenvalue weighted by atomic mass is 16.2. The van der Waals surface area contributed by atoms with Gasteiger partial charge in [0.05, 0.1) is 12.6 Å². The topological polar surface area (TPSA) is 73.0 Å². The zero-order valence-electron chi connectivity index (χ0n) is 15.3. The molecule has 2 rings (SSSR count). The zero-order chi connectivity index (χ0) is 18.6. The number of likely N-dealkylation sites (N-methyl/N-ethyl adjacent to an activating group) is 1. The predicted octanol–water partition coefficient (Wildman–Crippen LogP) is 0.880. The second kappa shape index (κ2) is 8.11. The summed E-state index contributed by atoms with van der Waals surface area (Å²) in [5.74, 6) is -0.207. The smallest absolute Gasteiger partial charge is 0.253 e. The standard InChI is InChI=1S/C18H26N4O3/c1-20(2)17(24)13-7-9-14(10-8-13)19-16(23)12-22-11-5-6-15(22)18(25)21(3)4/h7-10,15H,5-6,11-12H2,1-4H3,(H,19,23)/t15-/m1/s1. The van der Waals surface area contributed by atoms with E-state index in [1.54, 1.807) is 57.4 Å². The highest BCUT2D eigenvalue weighted by Crippen LogP contribution is 2.19. The van der Waals surface area contributed by atoms with Gasteiger partial charge in [0.1, 0.15) is 0 Å². The van der Waals surface area contributed by atoms with Gasteiger partial charge in [0, 0.05) is 39.4 Å². The van der Waals surface area contributed by atoms with Crippen molar-refractivity contribution in [3.63, 3.8) is 0 Å². The van der Waals surface area contributed by atoms with E-state index in [9.17, 15) is 14.4 Å². The molecule has 0 unspecified atom stereocenters. The number of amides is 3. The lowest BCUT2D eigenvalue weighted by molar-refractivity contribution is -0.133. The Morgan fingerprint density at radius 3 is 2.28 bits per heavy atom. The van der Waals surface area contributed by atoms with E-state index in [4.69, 9.17) is 0 Å². The van der Waals surface area contributed by atoms with Crippen LogP contribution in [0.2, 0.25) is 0 Å². The van der Waals surface area contributed by atoms with Gasteiger partial charge in [-0.3, -0.25) is 19.3 Å². The van der Waals surface area contributed by atoms with Crippen molar-refractivity contribution in [2.75, 3.05) is 46.6 Å². The average Bonchev–Trinajstić information content (AvgIpc) is 3.01. The van der Waals surface area contributed by atoms with Crippen LogP contribution in [0.1, 0.15) is 23.2 Å². The molecule has 1 atom stereocenters. The fourth-order valence-electron chi connectivity index (χ4n) is 2.93. The molecule has 1 aliphatic rings. The van der Waals surface area contributed by atoms with Crippen LogP contribution < -0.4 is 5.32 Å². The van der Waals surface area contributed by atoms with Gasteiger partial charge < -0.3 is 15.1 Å². The summed E-state index contributed by atoms with van der Waals surface area (Å²) in [6.45, 7) is 0.927. The van der Waals surface area contributed by atoms with Crippen molar-refractivity contribution < 1.29 is 14.4 Å². The molecule has 0 aromatic heterocycles. The van der Waals surface area contributed by atoms with Gasteiger partial charge in [0.15, 0.2) is 0 Å². The van der Waals surface area contributed by atoms with Crippen LogP contribution in [0.3, 0.4) is 0 Å². The molecule has 0 bridgehead atoms. The molecule has 0 spiro atoms. The molecule has 7 nitrogen and oxygen atoms in total. The van der Waals surface area contributed by atoms with E-state index in [0.717, 1.165) is 19.4 Å². The summed E-state index contributed by atoms with van der Waals surface area (Å²) < 4.78 is 0. The summed E-state index contributed by atoms with van der Waals surface area (Å²) in [4.78, 5) is 41.3. The molecule has 1 saturated heterocycles. The van der Waals surface area contributed by atoms with Crippen LogP contribution in [-0.2, 0) is 9.59 Å². The van der Waals surface area contributed by atoms with Crippen molar-refractivity contribution >= 4 is 23.4 Å². The molecule has 0 radical (unpaired) electrons. The van der Waals surface area contributed by atoms with Crippen LogP contribution >= 0.6 is 0 Å². The number of nitrogens with zero attached hydrogens (tertiary/aromatic N) is 3. The Morgan fingerprint density at radius 1 is 1.08 bits per heavy atom. The number of hydrogen-bond donors (Lipinski definition) is 1. The lowest BCUT2D eigenvalue weighted by Crippen LogP contribution is -2.45. The molecule has 1 N–H and O–H groups in total. The van der Waals surface area contributed by atoms with Crippen LogP contribution in [0.15, 0.2) is 24.3 Å². The first-order chi connectivity index (χ1) is 11.8. The Bertz CT molecular complexity index is 640. The monoisotopic (exact) mass is 346 g/mol. The number of rotatable bonds is 5. The number of carbonyl (C=O) groups excluding carboxylic acids is 3. The van der Waals surface area contributed by atoms with E-state index in [2.05, 4.69) is 5.32 Å². The summed E-state index contributed by atoms with van der Waals surface area (Å²) >= 11 is 0. The third-order valence-electron chi connectivity index (χ3n) is 4.26. The minimum atomic E-state index is -0.221. The largest absolute Gasteiger partial charge is 0.347 e. The van der Waals surface area contributed by atoms with Crippen LogP contribution in [-0.4, -0.2) is 79.7 Å². The third kappa shape index (κ3) is 4.79. The number of hydrogen-bond acceptors (Lipinski definition) is 4. The molecule has 136 valence electrons. The fraction of sp³-hybridized carbons (Fsp3) is 0.500. The van der Waals surface area contributed by atoms with Crippen molar-refractivity contribution in [2.24, 2.45) is 0 Å². The predicted molar refractivity (Wildman–Crippen MR) is 96.4 cm³/mol. The van der Waals surface area contributed by atoms with E-state index in [1.807, 2.05) is 4.90 Å². The molecule has 0 aliphatic carbocycles. The summed E-state index contributed by atoms with van der Waals surface area (Å²) in [6, 6.07) is 6.57. The summed E-state index contributed by atoms with van der Waals surface area (Å²) in [5.41, 5.74) is 1.20. The van der Waals surface area contributed by atoms with E-state index in [-0.39, 0.29) is 30.3 Å². The normalized spacial score (nSPS) is 17.2. The van der Waals surface area contributed by atoms with Gasteiger partial charge in [0.2, 0.25) is 11.8 Å². The Labute approximate surface area is 148 Å². The Kier molecular flexibility index (Phi) is 6.14. The maximum Gasteiger partial charge on any atom is 0.253 e. The van der Waals surface area contributed by atoms with Crippen LogP contribution in [0.5, 0.6) is 0 Å². The van der Waals surface area contributed by atoms with E-state index in [1.165, 1.54) is 4.90 Å². The first kappa shape index (κ1) is 18.9. The Balaban J connectivity index is 1.94. The molecule has 1 aromatic rings. The van der Waals surface area contributed by atoms with Gasteiger partial charge in [0.25, 0.3) is 5.91 Å². The van der Waals surface area contributed by atoms with Gasteiger partial charge >= 0.3 is 0 Å². The first-order valence-corrected chi connectivity index (χ1v) is 8.36. The lowest BCUT2D eigenvalue weighted by atomic mass is 10.2. The minimum Gasteiger partial charge on any atom is -0.347 e. The van der Waals surface area contributed by atoms with Crippen molar-refractivity contribution in [1.82, 2.24) is 14.7 Å². The van der Waals surface area contributed by atoms with Gasteiger partial charge in [-0.1, -0.05) is 0 Å². The van der Waals surface area contributed by atoms with E-state index >= 15 is 0 Å². The average molecular weight is 346 g/mol. The number of anilines is 1. The Morgan fingerprint density at radius 2 is 1.72 bits per heavy atom. The van der Waals surface area contributed by atoms with Gasteiger partial charge in [-0.05, 0) is 43.7 Å². The number of benzene rings is 1. The molecule has 1 aliphatic heterocycles. The number of nitrogens with one attached hydrogen (secondary N) is 1. The van der Waals surface area contributed by atoms with Crippen molar-refractivity contribution in [2.45, 2.75) is 18.9 Å². The van der Waals surface area contributed by atoms with Crippen LogP contribution in [0.25, 0.3) is 0 Å². The fourth-order valence-corrected chi connectivity index (χ4v) is 2.93. The molecule has 0 saturated carbocycles. The number of likely N-dealkylation sites (tertiary alicyclic amines) is 1. The van der Waals surface area contributed by atoms with E-state index in [0.29, 0.717) is 11.3 Å². The molecular weight excluding hydrogens is 320 g/mol.